The Morgan fingerprint density at radius 2 is 2.05 bits per heavy atom. The Balaban J connectivity index is 1.73. The molecule has 0 aromatic heterocycles. The molecule has 2 rings (SSSR count). The smallest absolute Gasteiger partial charge is 0.330 e. The number of rotatable bonds is 5. The summed E-state index contributed by atoms with van der Waals surface area (Å²) in [5.74, 6) is -0.155. The van der Waals surface area contributed by atoms with Gasteiger partial charge in [-0.2, -0.15) is 0 Å². The number of benzene rings is 1. The Kier molecular flexibility index (Phi) is 5.98. The molecule has 1 fully saturated rings. The maximum Gasteiger partial charge on any atom is 0.330 e. The summed E-state index contributed by atoms with van der Waals surface area (Å²) in [5.41, 5.74) is 0.898. The summed E-state index contributed by atoms with van der Waals surface area (Å²) in [6.07, 6.45) is 3.22. The monoisotopic (exact) mass is 304 g/mol. The van der Waals surface area contributed by atoms with Gasteiger partial charge in [0.05, 0.1) is 12.0 Å². The minimum Gasteiger partial charge on any atom is -0.367 e. The molecule has 22 heavy (non-hydrogen) atoms. The number of hydrogen-bond acceptors (Lipinski definition) is 4. The molecular weight excluding hydrogens is 276 g/mol. The van der Waals surface area contributed by atoms with Gasteiger partial charge in [0.1, 0.15) is 0 Å². The molecule has 1 heterocycles. The Hall–Kier alpha value is -1.39. The molecule has 0 radical (unpaired) electrons. The Bertz CT molecular complexity index is 468. The van der Waals surface area contributed by atoms with Crippen molar-refractivity contribution < 1.29 is 9.63 Å². The average molecular weight is 304 g/mol. The molecule has 4 heteroatoms. The largest absolute Gasteiger partial charge is 0.367 e. The third-order valence-corrected chi connectivity index (χ3v) is 3.90. The van der Waals surface area contributed by atoms with Crippen LogP contribution in [0.2, 0.25) is 0 Å². The van der Waals surface area contributed by atoms with Gasteiger partial charge in [-0.3, -0.25) is 0 Å². The molecule has 1 aliphatic rings. The van der Waals surface area contributed by atoms with Gasteiger partial charge in [-0.1, -0.05) is 30.3 Å². The predicted molar refractivity (Wildman–Crippen MR) is 88.3 cm³/mol. The average Bonchev–Trinajstić information content (AvgIpc) is 2.48. The van der Waals surface area contributed by atoms with Crippen molar-refractivity contribution in [2.24, 2.45) is 5.41 Å². The second-order valence-electron chi connectivity index (χ2n) is 7.05. The summed E-state index contributed by atoms with van der Waals surface area (Å²) < 4.78 is 0. The van der Waals surface area contributed by atoms with Crippen LogP contribution in [0, 0.1) is 5.41 Å². The number of piperidine rings is 1. The first-order valence-electron chi connectivity index (χ1n) is 8.20. The lowest BCUT2D eigenvalue weighted by Crippen LogP contribution is -2.47. The molecule has 0 bridgehead atoms. The van der Waals surface area contributed by atoms with Crippen molar-refractivity contribution in [3.63, 3.8) is 0 Å². The highest BCUT2D eigenvalue weighted by molar-refractivity contribution is 5.75. The number of carbonyl (C=O) groups is 1. The van der Waals surface area contributed by atoms with Crippen LogP contribution in [0.3, 0.4) is 0 Å². The maximum atomic E-state index is 12.0. The topological polar surface area (TPSA) is 41.6 Å². The van der Waals surface area contributed by atoms with Crippen molar-refractivity contribution in [1.82, 2.24) is 10.4 Å². The van der Waals surface area contributed by atoms with E-state index in [0.29, 0.717) is 6.04 Å². The number of nitrogens with zero attached hydrogens (tertiary/aromatic N) is 1. The van der Waals surface area contributed by atoms with Crippen molar-refractivity contribution in [1.29, 1.82) is 0 Å². The minimum absolute atomic E-state index is 0.155. The molecule has 0 spiro atoms. The zero-order chi connectivity index (χ0) is 16.0. The van der Waals surface area contributed by atoms with Gasteiger partial charge >= 0.3 is 5.97 Å². The van der Waals surface area contributed by atoms with Crippen molar-refractivity contribution in [2.45, 2.75) is 46.1 Å². The lowest BCUT2D eigenvalue weighted by molar-refractivity contribution is -0.205. The van der Waals surface area contributed by atoms with Crippen LogP contribution in [-0.2, 0) is 16.1 Å². The van der Waals surface area contributed by atoms with E-state index >= 15 is 0 Å². The van der Waals surface area contributed by atoms with Crippen LogP contribution in [-0.4, -0.2) is 36.7 Å². The second kappa shape index (κ2) is 7.75. The standard InChI is InChI=1S/C18H28N2O2/c1-18(2,3)17(21)22-20-13-7-10-16(14-20)19-12-11-15-8-5-4-6-9-15/h4-6,8-9,16,19H,7,10-14H2,1-3H3/t16-/m0/s1. The fourth-order valence-corrected chi connectivity index (χ4v) is 2.51. The SMILES string of the molecule is CC(C)(C)C(=O)ON1CCC[C@H](NCCc2ccccc2)C1. The van der Waals surface area contributed by atoms with E-state index in [9.17, 15) is 4.79 Å². The lowest BCUT2D eigenvalue weighted by Gasteiger charge is -2.33. The Morgan fingerprint density at radius 1 is 1.32 bits per heavy atom. The molecule has 1 saturated heterocycles. The van der Waals surface area contributed by atoms with Gasteiger partial charge in [0.25, 0.3) is 0 Å². The molecule has 1 aromatic rings. The Morgan fingerprint density at radius 3 is 2.73 bits per heavy atom. The first-order chi connectivity index (χ1) is 10.4. The molecular formula is C18H28N2O2. The number of hydroxylamine groups is 2. The molecule has 1 atom stereocenters. The molecule has 4 nitrogen and oxygen atoms in total. The quantitative estimate of drug-likeness (QED) is 0.908. The van der Waals surface area contributed by atoms with E-state index < -0.39 is 5.41 Å². The van der Waals surface area contributed by atoms with E-state index in [2.05, 4.69) is 29.6 Å². The van der Waals surface area contributed by atoms with Crippen LogP contribution in [0.15, 0.2) is 30.3 Å². The van der Waals surface area contributed by atoms with Crippen LogP contribution in [0.5, 0.6) is 0 Å². The number of nitrogens with one attached hydrogen (secondary N) is 1. The summed E-state index contributed by atoms with van der Waals surface area (Å²) in [7, 11) is 0. The van der Waals surface area contributed by atoms with Crippen molar-refractivity contribution in [2.75, 3.05) is 19.6 Å². The summed E-state index contributed by atoms with van der Waals surface area (Å²) in [5, 5.41) is 5.40. The summed E-state index contributed by atoms with van der Waals surface area (Å²) in [6, 6.07) is 10.9. The summed E-state index contributed by atoms with van der Waals surface area (Å²) in [4.78, 5) is 17.5. The van der Waals surface area contributed by atoms with Crippen molar-refractivity contribution >= 4 is 5.97 Å². The molecule has 0 amide bonds. The third kappa shape index (κ3) is 5.43. The molecule has 0 unspecified atom stereocenters. The van der Waals surface area contributed by atoms with Crippen LogP contribution in [0.1, 0.15) is 39.2 Å². The zero-order valence-corrected chi connectivity index (χ0v) is 14.0. The summed E-state index contributed by atoms with van der Waals surface area (Å²) in [6.45, 7) is 8.21. The van der Waals surface area contributed by atoms with E-state index in [4.69, 9.17) is 4.84 Å². The van der Waals surface area contributed by atoms with Crippen molar-refractivity contribution in [3.8, 4) is 0 Å². The molecule has 0 aliphatic carbocycles. The van der Waals surface area contributed by atoms with Gasteiger partial charge < -0.3 is 10.2 Å². The van der Waals surface area contributed by atoms with Crippen molar-refractivity contribution in [3.05, 3.63) is 35.9 Å². The predicted octanol–water partition coefficient (Wildman–Crippen LogP) is 2.79. The van der Waals surface area contributed by atoms with Gasteiger partial charge in [-0.15, -0.1) is 5.06 Å². The van der Waals surface area contributed by atoms with Crippen LogP contribution >= 0.6 is 0 Å². The van der Waals surface area contributed by atoms with Gasteiger partial charge in [0.2, 0.25) is 0 Å². The number of hydrogen-bond donors (Lipinski definition) is 1. The normalized spacial score (nSPS) is 19.9. The molecule has 1 aliphatic heterocycles. The third-order valence-electron chi connectivity index (χ3n) is 3.90. The highest BCUT2D eigenvalue weighted by Crippen LogP contribution is 2.18. The van der Waals surface area contributed by atoms with Crippen LogP contribution < -0.4 is 5.32 Å². The fourth-order valence-electron chi connectivity index (χ4n) is 2.51. The van der Waals surface area contributed by atoms with Gasteiger partial charge in [0.15, 0.2) is 0 Å². The van der Waals surface area contributed by atoms with Gasteiger partial charge in [-0.25, -0.2) is 4.79 Å². The molecule has 122 valence electrons. The first-order valence-corrected chi connectivity index (χ1v) is 8.20. The first kappa shape index (κ1) is 17.0. The number of carbonyl (C=O) groups excluding carboxylic acids is 1. The van der Waals surface area contributed by atoms with E-state index in [1.807, 2.05) is 31.9 Å². The van der Waals surface area contributed by atoms with Gasteiger partial charge in [-0.05, 0) is 52.1 Å². The minimum atomic E-state index is -0.451. The fraction of sp³-hybridized carbons (Fsp3) is 0.611. The van der Waals surface area contributed by atoms with Crippen LogP contribution in [0.25, 0.3) is 0 Å². The summed E-state index contributed by atoms with van der Waals surface area (Å²) >= 11 is 0. The second-order valence-corrected chi connectivity index (χ2v) is 7.05. The van der Waals surface area contributed by atoms with E-state index in [-0.39, 0.29) is 5.97 Å². The molecule has 1 aromatic carbocycles. The zero-order valence-electron chi connectivity index (χ0n) is 14.0. The van der Waals surface area contributed by atoms with E-state index in [0.717, 1.165) is 38.9 Å². The lowest BCUT2D eigenvalue weighted by atomic mass is 9.98. The van der Waals surface area contributed by atoms with Gasteiger partial charge in [0, 0.05) is 12.6 Å². The molecule has 1 N–H and O–H groups in total. The highest BCUT2D eigenvalue weighted by atomic mass is 16.7. The molecule has 0 saturated carbocycles. The maximum absolute atomic E-state index is 12.0. The van der Waals surface area contributed by atoms with Crippen LogP contribution in [0.4, 0.5) is 0 Å². The Labute approximate surface area is 133 Å². The van der Waals surface area contributed by atoms with E-state index in [1.165, 1.54) is 5.56 Å². The highest BCUT2D eigenvalue weighted by Gasteiger charge is 2.28. The van der Waals surface area contributed by atoms with E-state index in [1.54, 1.807) is 0 Å².